The normalized spacial score (nSPS) is 18.2. The Morgan fingerprint density at radius 1 is 1.34 bits per heavy atom. The van der Waals surface area contributed by atoms with Gasteiger partial charge in [-0.1, -0.05) is 6.07 Å². The quantitative estimate of drug-likeness (QED) is 0.491. The predicted octanol–water partition coefficient (Wildman–Crippen LogP) is 2.35. The second-order valence-corrected chi connectivity index (χ2v) is 7.15. The number of piperidine rings is 1. The number of nitrogens with one attached hydrogen (secondary N) is 2. The van der Waals surface area contributed by atoms with Gasteiger partial charge in [0.25, 0.3) is 0 Å². The summed E-state index contributed by atoms with van der Waals surface area (Å²) in [4.78, 5) is 11.0. The van der Waals surface area contributed by atoms with Gasteiger partial charge in [0, 0.05) is 49.8 Å². The number of methoxy groups -OCH3 is 1. The summed E-state index contributed by atoms with van der Waals surface area (Å²) < 4.78 is 5.36. The molecule has 7 heteroatoms. The van der Waals surface area contributed by atoms with E-state index in [0.29, 0.717) is 6.54 Å². The number of hydrogen-bond acceptors (Lipinski definition) is 5. The molecule has 1 aliphatic rings. The second-order valence-electron chi connectivity index (χ2n) is 7.15. The van der Waals surface area contributed by atoms with E-state index in [1.807, 2.05) is 31.2 Å². The van der Waals surface area contributed by atoms with Crippen LogP contribution < -0.4 is 20.3 Å². The molecule has 2 aromatic rings. The number of guanidine groups is 1. The van der Waals surface area contributed by atoms with Crippen LogP contribution in [0.1, 0.15) is 31.4 Å². The van der Waals surface area contributed by atoms with Crippen LogP contribution in [0.5, 0.6) is 5.75 Å². The zero-order valence-corrected chi connectivity index (χ0v) is 17.2. The van der Waals surface area contributed by atoms with Crippen LogP contribution in [0.2, 0.25) is 0 Å². The molecular weight excluding hydrogens is 366 g/mol. The third-order valence-corrected chi connectivity index (χ3v) is 5.04. The summed E-state index contributed by atoms with van der Waals surface area (Å²) in [5, 5.41) is 17.2. The van der Waals surface area contributed by atoms with Gasteiger partial charge >= 0.3 is 0 Å². The number of benzene rings is 1. The first-order chi connectivity index (χ1) is 14.2. The third kappa shape index (κ3) is 6.09. The van der Waals surface area contributed by atoms with Crippen molar-refractivity contribution in [3.8, 4) is 5.75 Å². The minimum Gasteiger partial charge on any atom is -0.497 e. The maximum atomic E-state index is 10.4. The zero-order valence-electron chi connectivity index (χ0n) is 17.2. The summed E-state index contributed by atoms with van der Waals surface area (Å²) in [6.07, 6.45) is 4.90. The summed E-state index contributed by atoms with van der Waals surface area (Å²) in [5.74, 6) is 1.61. The van der Waals surface area contributed by atoms with Gasteiger partial charge in [0.05, 0.1) is 19.8 Å². The molecular formula is C22H31N5O2. The molecule has 7 nitrogen and oxygen atoms in total. The van der Waals surface area contributed by atoms with Crippen molar-refractivity contribution in [3.63, 3.8) is 0 Å². The highest BCUT2D eigenvalue weighted by atomic mass is 16.5. The molecule has 2 atom stereocenters. The van der Waals surface area contributed by atoms with Gasteiger partial charge < -0.3 is 25.4 Å². The molecule has 0 bridgehead atoms. The number of hydrogen-bond donors (Lipinski definition) is 3. The van der Waals surface area contributed by atoms with Crippen LogP contribution in [-0.4, -0.2) is 55.4 Å². The number of aliphatic hydroxyl groups is 1. The Morgan fingerprint density at radius 3 is 2.93 bits per heavy atom. The molecule has 0 saturated carbocycles. The lowest BCUT2D eigenvalue weighted by Gasteiger charge is -2.35. The van der Waals surface area contributed by atoms with E-state index in [9.17, 15) is 5.11 Å². The third-order valence-electron chi connectivity index (χ3n) is 5.04. The summed E-state index contributed by atoms with van der Waals surface area (Å²) >= 11 is 0. The van der Waals surface area contributed by atoms with Gasteiger partial charge in [-0.3, -0.25) is 9.98 Å². The summed E-state index contributed by atoms with van der Waals surface area (Å²) in [6, 6.07) is 12.1. The minimum absolute atomic E-state index is 0.283. The number of rotatable bonds is 7. The Hall–Kier alpha value is -2.80. The van der Waals surface area contributed by atoms with Gasteiger partial charge in [-0.2, -0.15) is 0 Å². The topological polar surface area (TPSA) is 82.0 Å². The van der Waals surface area contributed by atoms with Crippen LogP contribution in [0.4, 0.5) is 5.69 Å². The van der Waals surface area contributed by atoms with E-state index in [0.717, 1.165) is 49.7 Å². The number of pyridine rings is 1. The lowest BCUT2D eigenvalue weighted by molar-refractivity contribution is 0.187. The van der Waals surface area contributed by atoms with Gasteiger partial charge in [-0.15, -0.1) is 0 Å². The molecule has 0 amide bonds. The Kier molecular flexibility index (Phi) is 7.69. The van der Waals surface area contributed by atoms with E-state index >= 15 is 0 Å². The molecule has 0 spiro atoms. The number of nitrogens with zero attached hydrogens (tertiary/aromatic N) is 3. The monoisotopic (exact) mass is 397 g/mol. The predicted molar refractivity (Wildman–Crippen MR) is 117 cm³/mol. The fourth-order valence-corrected chi connectivity index (χ4v) is 3.52. The number of aromatic nitrogens is 1. The summed E-state index contributed by atoms with van der Waals surface area (Å²) in [5.41, 5.74) is 1.99. The molecule has 3 rings (SSSR count). The van der Waals surface area contributed by atoms with Crippen LogP contribution in [0, 0.1) is 0 Å². The van der Waals surface area contributed by atoms with E-state index in [2.05, 4.69) is 37.6 Å². The Morgan fingerprint density at radius 2 is 2.17 bits per heavy atom. The van der Waals surface area contributed by atoms with E-state index < -0.39 is 6.10 Å². The van der Waals surface area contributed by atoms with Gasteiger partial charge in [0.15, 0.2) is 5.96 Å². The molecule has 1 aromatic heterocycles. The number of aliphatic hydroxyl groups excluding tert-OH is 1. The lowest BCUT2D eigenvalue weighted by Crippen LogP contribution is -2.51. The first kappa shape index (κ1) is 20.9. The van der Waals surface area contributed by atoms with Crippen LogP contribution in [0.3, 0.4) is 0 Å². The van der Waals surface area contributed by atoms with Crippen molar-refractivity contribution < 1.29 is 9.84 Å². The average Bonchev–Trinajstić information content (AvgIpc) is 2.78. The van der Waals surface area contributed by atoms with E-state index in [1.165, 1.54) is 5.69 Å². The molecule has 1 aromatic carbocycles. The molecule has 0 radical (unpaired) electrons. The maximum absolute atomic E-state index is 10.4. The van der Waals surface area contributed by atoms with Crippen molar-refractivity contribution in [3.05, 3.63) is 54.4 Å². The van der Waals surface area contributed by atoms with E-state index in [1.54, 1.807) is 19.5 Å². The molecule has 2 unspecified atom stereocenters. The molecule has 3 N–H and O–H groups in total. The average molecular weight is 398 g/mol. The standard InChI is InChI=1S/C22H31N5O2/c1-3-24-22(25-15-21(28)17-9-11-23-12-10-17)26-18-6-5-13-27(16-18)19-7-4-8-20(14-19)29-2/h4,7-12,14,18,21,28H,3,5-6,13,15-16H2,1-2H3,(H2,24,25,26). The summed E-state index contributed by atoms with van der Waals surface area (Å²) in [6.45, 7) is 5.03. The minimum atomic E-state index is -0.645. The molecule has 1 aliphatic heterocycles. The highest BCUT2D eigenvalue weighted by Gasteiger charge is 2.21. The zero-order chi connectivity index (χ0) is 20.5. The van der Waals surface area contributed by atoms with Crippen molar-refractivity contribution in [2.75, 3.05) is 38.2 Å². The number of ether oxygens (including phenoxy) is 1. The fraction of sp³-hybridized carbons (Fsp3) is 0.455. The van der Waals surface area contributed by atoms with Gasteiger partial charge in [0.2, 0.25) is 0 Å². The fourth-order valence-electron chi connectivity index (χ4n) is 3.52. The van der Waals surface area contributed by atoms with Gasteiger partial charge in [-0.25, -0.2) is 0 Å². The Bertz CT molecular complexity index is 784. The molecule has 1 saturated heterocycles. The van der Waals surface area contributed by atoms with Gasteiger partial charge in [0.1, 0.15) is 5.75 Å². The first-order valence-electron chi connectivity index (χ1n) is 10.2. The summed E-state index contributed by atoms with van der Waals surface area (Å²) in [7, 11) is 1.69. The highest BCUT2D eigenvalue weighted by Crippen LogP contribution is 2.24. The SMILES string of the molecule is CCNC(=NCC(O)c1ccncc1)NC1CCCN(c2cccc(OC)c2)C1. The van der Waals surface area contributed by atoms with E-state index in [-0.39, 0.29) is 6.04 Å². The Balaban J connectivity index is 1.61. The van der Waals surface area contributed by atoms with Crippen molar-refractivity contribution >= 4 is 11.6 Å². The largest absolute Gasteiger partial charge is 0.497 e. The molecule has 0 aliphatic carbocycles. The first-order valence-corrected chi connectivity index (χ1v) is 10.2. The second kappa shape index (κ2) is 10.7. The van der Waals surface area contributed by atoms with Crippen molar-refractivity contribution in [2.45, 2.75) is 31.9 Å². The Labute approximate surface area is 172 Å². The van der Waals surface area contributed by atoms with Crippen LogP contribution in [0.25, 0.3) is 0 Å². The molecule has 1 fully saturated rings. The van der Waals surface area contributed by atoms with Crippen molar-refractivity contribution in [1.29, 1.82) is 0 Å². The van der Waals surface area contributed by atoms with Crippen LogP contribution >= 0.6 is 0 Å². The number of anilines is 1. The highest BCUT2D eigenvalue weighted by molar-refractivity contribution is 5.80. The smallest absolute Gasteiger partial charge is 0.191 e. The lowest BCUT2D eigenvalue weighted by atomic mass is 10.0. The van der Waals surface area contributed by atoms with Crippen LogP contribution in [0.15, 0.2) is 53.8 Å². The molecule has 29 heavy (non-hydrogen) atoms. The number of aliphatic imine (C=N–C) groups is 1. The van der Waals surface area contributed by atoms with Crippen LogP contribution in [-0.2, 0) is 0 Å². The maximum Gasteiger partial charge on any atom is 0.191 e. The van der Waals surface area contributed by atoms with Crippen molar-refractivity contribution in [1.82, 2.24) is 15.6 Å². The van der Waals surface area contributed by atoms with E-state index in [4.69, 9.17) is 4.74 Å². The van der Waals surface area contributed by atoms with Crippen molar-refractivity contribution in [2.24, 2.45) is 4.99 Å². The van der Waals surface area contributed by atoms with Gasteiger partial charge in [-0.05, 0) is 49.6 Å². The molecule has 2 heterocycles. The molecule has 156 valence electrons.